The van der Waals surface area contributed by atoms with Gasteiger partial charge >= 0.3 is 5.97 Å². The van der Waals surface area contributed by atoms with E-state index in [9.17, 15) is 14.3 Å². The fraction of sp³-hybridized carbons (Fsp3) is 0.708. The molecule has 5 atom stereocenters. The minimum atomic E-state index is -1.39. The van der Waals surface area contributed by atoms with Crippen molar-refractivity contribution >= 4 is 5.97 Å². The van der Waals surface area contributed by atoms with E-state index in [1.807, 2.05) is 0 Å². The third kappa shape index (κ3) is 2.55. The standard InChI is InChI=1S/C24H33FO3/c1-5-14-16-7-6-15-17-8-9-19(21(25)22(26)27)24(17,3)12-10-18(15)23(16,2)13-11-20(14)28-4/h7,15,17-18H,5-6,8-13H2,1-4H3,(H,26,27)/t15-,17-,18-,23-,24-/m0/s1. The number of carboxylic acids is 1. The van der Waals surface area contributed by atoms with Gasteiger partial charge in [0.1, 0.15) is 0 Å². The van der Waals surface area contributed by atoms with Gasteiger partial charge in [0.25, 0.3) is 0 Å². The van der Waals surface area contributed by atoms with Crippen LogP contribution in [0.15, 0.2) is 34.4 Å². The van der Waals surface area contributed by atoms with Crippen LogP contribution in [0.1, 0.15) is 72.1 Å². The number of ether oxygens (including phenoxy) is 1. The van der Waals surface area contributed by atoms with Crippen molar-refractivity contribution in [3.63, 3.8) is 0 Å². The van der Waals surface area contributed by atoms with Crippen LogP contribution in [0.25, 0.3) is 0 Å². The highest BCUT2D eigenvalue weighted by Gasteiger charge is 2.58. The molecule has 0 aromatic carbocycles. The predicted molar refractivity (Wildman–Crippen MR) is 107 cm³/mol. The molecule has 154 valence electrons. The van der Waals surface area contributed by atoms with Crippen LogP contribution in [0.3, 0.4) is 0 Å². The fourth-order valence-electron chi connectivity index (χ4n) is 7.47. The van der Waals surface area contributed by atoms with Gasteiger partial charge in [-0.25, -0.2) is 4.79 Å². The summed E-state index contributed by atoms with van der Waals surface area (Å²) in [5.41, 5.74) is 3.33. The van der Waals surface area contributed by atoms with E-state index in [1.165, 1.54) is 11.1 Å². The summed E-state index contributed by atoms with van der Waals surface area (Å²) >= 11 is 0. The Labute approximate surface area is 167 Å². The third-order valence-corrected chi connectivity index (χ3v) is 8.84. The van der Waals surface area contributed by atoms with E-state index in [-0.39, 0.29) is 10.8 Å². The van der Waals surface area contributed by atoms with Gasteiger partial charge in [-0.05, 0) is 90.2 Å². The molecule has 0 radical (unpaired) electrons. The summed E-state index contributed by atoms with van der Waals surface area (Å²) in [7, 11) is 1.79. The number of allylic oxidation sites excluding steroid dienone is 5. The number of halogens is 1. The Morgan fingerprint density at radius 1 is 1.21 bits per heavy atom. The van der Waals surface area contributed by atoms with Gasteiger partial charge in [0.2, 0.25) is 5.83 Å². The van der Waals surface area contributed by atoms with Crippen LogP contribution in [0, 0.1) is 28.6 Å². The maximum Gasteiger partial charge on any atom is 0.364 e. The summed E-state index contributed by atoms with van der Waals surface area (Å²) < 4.78 is 20.2. The maximum absolute atomic E-state index is 14.4. The molecule has 0 bridgehead atoms. The molecule has 3 nitrogen and oxygen atoms in total. The summed E-state index contributed by atoms with van der Waals surface area (Å²) in [4.78, 5) is 11.3. The Balaban J connectivity index is 1.73. The monoisotopic (exact) mass is 388 g/mol. The molecule has 0 aromatic rings. The van der Waals surface area contributed by atoms with Crippen LogP contribution in [-0.4, -0.2) is 18.2 Å². The van der Waals surface area contributed by atoms with E-state index < -0.39 is 11.8 Å². The average molecular weight is 389 g/mol. The Morgan fingerprint density at radius 2 is 1.93 bits per heavy atom. The van der Waals surface area contributed by atoms with Gasteiger partial charge < -0.3 is 9.84 Å². The average Bonchev–Trinajstić information content (AvgIpc) is 3.03. The van der Waals surface area contributed by atoms with Crippen molar-refractivity contribution in [1.29, 1.82) is 0 Å². The van der Waals surface area contributed by atoms with Gasteiger partial charge in [-0.3, -0.25) is 0 Å². The lowest BCUT2D eigenvalue weighted by molar-refractivity contribution is -0.134. The normalized spacial score (nSPS) is 41.6. The second kappa shape index (κ2) is 6.74. The number of carboxylic acid groups (broad SMARTS) is 1. The minimum absolute atomic E-state index is 0.162. The fourth-order valence-corrected chi connectivity index (χ4v) is 7.47. The molecule has 0 heterocycles. The topological polar surface area (TPSA) is 46.5 Å². The van der Waals surface area contributed by atoms with Crippen molar-refractivity contribution in [2.24, 2.45) is 28.6 Å². The minimum Gasteiger partial charge on any atom is -0.501 e. The van der Waals surface area contributed by atoms with Crippen LogP contribution in [0.5, 0.6) is 0 Å². The van der Waals surface area contributed by atoms with E-state index >= 15 is 0 Å². The van der Waals surface area contributed by atoms with Crippen molar-refractivity contribution in [2.45, 2.75) is 72.1 Å². The van der Waals surface area contributed by atoms with Crippen LogP contribution >= 0.6 is 0 Å². The molecule has 0 aliphatic heterocycles. The number of rotatable bonds is 3. The molecule has 4 aliphatic carbocycles. The quantitative estimate of drug-likeness (QED) is 0.587. The summed E-state index contributed by atoms with van der Waals surface area (Å²) in [6.45, 7) is 6.78. The molecule has 0 spiro atoms. The molecular weight excluding hydrogens is 355 g/mol. The first-order valence-corrected chi connectivity index (χ1v) is 10.9. The zero-order valence-electron chi connectivity index (χ0n) is 17.6. The Morgan fingerprint density at radius 3 is 2.57 bits per heavy atom. The lowest BCUT2D eigenvalue weighted by Crippen LogP contribution is -2.49. The molecule has 0 aromatic heterocycles. The number of aliphatic carboxylic acids is 1. The molecule has 2 saturated carbocycles. The van der Waals surface area contributed by atoms with Crippen molar-refractivity contribution < 1.29 is 19.0 Å². The zero-order chi connectivity index (χ0) is 20.3. The molecule has 0 amide bonds. The van der Waals surface area contributed by atoms with Gasteiger partial charge in [-0.2, -0.15) is 4.39 Å². The van der Waals surface area contributed by atoms with E-state index in [2.05, 4.69) is 26.8 Å². The lowest BCUT2D eigenvalue weighted by Gasteiger charge is -2.57. The number of hydrogen-bond donors (Lipinski definition) is 1. The van der Waals surface area contributed by atoms with Gasteiger partial charge in [-0.1, -0.05) is 26.8 Å². The van der Waals surface area contributed by atoms with Gasteiger partial charge in [0.05, 0.1) is 12.9 Å². The van der Waals surface area contributed by atoms with E-state index in [0.717, 1.165) is 50.7 Å². The lowest BCUT2D eigenvalue weighted by atomic mass is 9.47. The predicted octanol–water partition coefficient (Wildman–Crippen LogP) is 6.18. The Kier molecular flexibility index (Phi) is 4.75. The summed E-state index contributed by atoms with van der Waals surface area (Å²) in [5.74, 6) is 0.375. The third-order valence-electron chi connectivity index (χ3n) is 8.84. The van der Waals surface area contributed by atoms with Crippen molar-refractivity contribution in [3.8, 4) is 0 Å². The smallest absolute Gasteiger partial charge is 0.364 e. The number of fused-ring (bicyclic) bond motifs is 5. The zero-order valence-corrected chi connectivity index (χ0v) is 17.6. The summed E-state index contributed by atoms with van der Waals surface area (Å²) in [6, 6.07) is 0. The summed E-state index contributed by atoms with van der Waals surface area (Å²) in [6.07, 6.45) is 10.1. The molecule has 0 saturated heterocycles. The molecular formula is C24H33FO3. The first kappa shape index (κ1) is 19.7. The Bertz CT molecular complexity index is 792. The van der Waals surface area contributed by atoms with Gasteiger partial charge in [-0.15, -0.1) is 0 Å². The van der Waals surface area contributed by atoms with E-state index in [1.54, 1.807) is 7.11 Å². The summed E-state index contributed by atoms with van der Waals surface area (Å²) in [5, 5.41) is 9.22. The van der Waals surface area contributed by atoms with Crippen LogP contribution < -0.4 is 0 Å². The SMILES string of the molecule is CCC1=C(OC)CC[C@@]2(C)C1=CC[C@@H]1[C@@H]2CC[C@]2(C)C(=C(F)C(=O)O)CC[C@@H]12. The molecule has 4 heteroatoms. The first-order chi connectivity index (χ1) is 13.3. The number of hydrogen-bond acceptors (Lipinski definition) is 2. The van der Waals surface area contributed by atoms with Crippen LogP contribution in [0.4, 0.5) is 4.39 Å². The van der Waals surface area contributed by atoms with Crippen molar-refractivity contribution in [2.75, 3.05) is 7.11 Å². The Hall–Kier alpha value is -1.58. The van der Waals surface area contributed by atoms with Crippen LogP contribution in [0.2, 0.25) is 0 Å². The largest absolute Gasteiger partial charge is 0.501 e. The van der Waals surface area contributed by atoms with Gasteiger partial charge in [0, 0.05) is 6.42 Å². The number of methoxy groups -OCH3 is 1. The first-order valence-electron chi connectivity index (χ1n) is 10.9. The van der Waals surface area contributed by atoms with E-state index in [4.69, 9.17) is 4.74 Å². The molecule has 0 unspecified atom stereocenters. The maximum atomic E-state index is 14.4. The molecule has 2 fully saturated rings. The van der Waals surface area contributed by atoms with Crippen molar-refractivity contribution in [3.05, 3.63) is 34.4 Å². The molecule has 28 heavy (non-hydrogen) atoms. The highest BCUT2D eigenvalue weighted by atomic mass is 19.1. The van der Waals surface area contributed by atoms with E-state index in [0.29, 0.717) is 29.7 Å². The molecule has 1 N–H and O–H groups in total. The molecule has 4 aliphatic rings. The van der Waals surface area contributed by atoms with Gasteiger partial charge in [0.15, 0.2) is 0 Å². The highest BCUT2D eigenvalue weighted by molar-refractivity contribution is 5.85. The van der Waals surface area contributed by atoms with Crippen LogP contribution in [-0.2, 0) is 9.53 Å². The molecule has 4 rings (SSSR count). The second-order valence-corrected chi connectivity index (χ2v) is 9.70. The number of carbonyl (C=O) groups is 1. The second-order valence-electron chi connectivity index (χ2n) is 9.70. The van der Waals surface area contributed by atoms with Crippen molar-refractivity contribution in [1.82, 2.24) is 0 Å². The highest BCUT2D eigenvalue weighted by Crippen LogP contribution is 2.67.